The molecule has 0 spiro atoms. The first kappa shape index (κ1) is 17.0. The van der Waals surface area contributed by atoms with Crippen molar-refractivity contribution >= 4 is 39.3 Å². The number of hydrogen-bond donors (Lipinski definition) is 1. The van der Waals surface area contributed by atoms with Crippen molar-refractivity contribution in [1.82, 2.24) is 9.97 Å². The molecule has 0 atom stereocenters. The fourth-order valence-electron chi connectivity index (χ4n) is 3.37. The van der Waals surface area contributed by atoms with Gasteiger partial charge in [-0.15, -0.1) is 11.3 Å². The Kier molecular flexibility index (Phi) is 4.59. The molecule has 0 saturated carbocycles. The largest absolute Gasteiger partial charge is 0.378 e. The summed E-state index contributed by atoms with van der Waals surface area (Å²) in [5.41, 5.74) is 6.81. The van der Waals surface area contributed by atoms with E-state index in [-0.39, 0.29) is 0 Å². The fourth-order valence-corrected chi connectivity index (χ4v) is 4.68. The van der Waals surface area contributed by atoms with Gasteiger partial charge in [0, 0.05) is 24.7 Å². The van der Waals surface area contributed by atoms with Gasteiger partial charge in [0.2, 0.25) is 0 Å². The summed E-state index contributed by atoms with van der Waals surface area (Å²) >= 11 is 1.81. The van der Waals surface area contributed by atoms with Gasteiger partial charge in [-0.25, -0.2) is 9.97 Å². The van der Waals surface area contributed by atoms with E-state index in [0.717, 1.165) is 40.3 Å². The first-order valence-electron chi connectivity index (χ1n) is 8.97. The lowest BCUT2D eigenvalue weighted by molar-refractivity contribution is 0.700. The van der Waals surface area contributed by atoms with Gasteiger partial charge in [-0.1, -0.05) is 12.1 Å². The Hall–Kier alpha value is -2.47. The van der Waals surface area contributed by atoms with E-state index < -0.39 is 0 Å². The van der Waals surface area contributed by atoms with Gasteiger partial charge in [0.25, 0.3) is 0 Å². The highest BCUT2D eigenvalue weighted by Gasteiger charge is 2.20. The van der Waals surface area contributed by atoms with Gasteiger partial charge in [0.05, 0.1) is 11.6 Å². The Morgan fingerprint density at radius 2 is 1.88 bits per heavy atom. The molecular weight excluding hydrogens is 342 g/mol. The van der Waals surface area contributed by atoms with E-state index in [0.29, 0.717) is 0 Å². The Labute approximate surface area is 157 Å². The maximum absolute atomic E-state index is 4.64. The predicted molar refractivity (Wildman–Crippen MR) is 111 cm³/mol. The second kappa shape index (κ2) is 7.03. The fraction of sp³-hybridized carbons (Fsp3) is 0.350. The topological polar surface area (TPSA) is 53.4 Å². The summed E-state index contributed by atoms with van der Waals surface area (Å²) in [4.78, 5) is 13.9. The Morgan fingerprint density at radius 3 is 2.65 bits per heavy atom. The molecule has 0 unspecified atom stereocenters. The molecule has 0 fully saturated rings. The van der Waals surface area contributed by atoms with Crippen molar-refractivity contribution < 1.29 is 0 Å². The molecule has 6 heteroatoms. The lowest BCUT2D eigenvalue weighted by Crippen LogP contribution is -2.08. The Bertz CT molecular complexity index is 956. The lowest BCUT2D eigenvalue weighted by Gasteiger charge is -2.12. The van der Waals surface area contributed by atoms with Crippen LogP contribution in [-0.2, 0) is 12.8 Å². The summed E-state index contributed by atoms with van der Waals surface area (Å²) < 4.78 is 0. The van der Waals surface area contributed by atoms with Gasteiger partial charge in [0.15, 0.2) is 5.82 Å². The van der Waals surface area contributed by atoms with Crippen molar-refractivity contribution in [2.75, 3.05) is 24.4 Å². The summed E-state index contributed by atoms with van der Waals surface area (Å²) in [7, 11) is 4.07. The molecule has 0 aliphatic heterocycles. The minimum Gasteiger partial charge on any atom is -0.378 e. The normalized spacial score (nSPS) is 14.0. The second-order valence-electron chi connectivity index (χ2n) is 6.87. The summed E-state index contributed by atoms with van der Waals surface area (Å²) in [5.74, 6) is 1.61. The van der Waals surface area contributed by atoms with Gasteiger partial charge in [-0.05, 0) is 55.9 Å². The molecule has 1 aromatic carbocycles. The molecule has 0 saturated heterocycles. The maximum atomic E-state index is 4.64. The van der Waals surface area contributed by atoms with E-state index in [4.69, 9.17) is 0 Å². The zero-order chi connectivity index (χ0) is 18.1. The van der Waals surface area contributed by atoms with Gasteiger partial charge in [-0.2, -0.15) is 5.10 Å². The van der Waals surface area contributed by atoms with Crippen LogP contribution in [0.25, 0.3) is 10.2 Å². The molecule has 3 aromatic rings. The quantitative estimate of drug-likeness (QED) is 0.550. The van der Waals surface area contributed by atoms with E-state index in [1.54, 1.807) is 0 Å². The predicted octanol–water partition coefficient (Wildman–Crippen LogP) is 4.39. The van der Waals surface area contributed by atoms with E-state index in [1.165, 1.54) is 29.0 Å². The number of hydrazone groups is 1. The van der Waals surface area contributed by atoms with Crippen molar-refractivity contribution in [2.45, 2.75) is 32.6 Å². The molecule has 1 aliphatic rings. The molecular formula is C20H23N5S. The van der Waals surface area contributed by atoms with Gasteiger partial charge < -0.3 is 4.90 Å². The molecule has 5 nitrogen and oxygen atoms in total. The van der Waals surface area contributed by atoms with Crippen molar-refractivity contribution in [3.05, 3.63) is 46.1 Å². The van der Waals surface area contributed by atoms with Crippen LogP contribution in [0.3, 0.4) is 0 Å². The third-order valence-corrected chi connectivity index (χ3v) is 5.91. The summed E-state index contributed by atoms with van der Waals surface area (Å²) in [5, 5.41) is 5.59. The number of aryl methyl sites for hydroxylation is 3. The second-order valence-corrected chi connectivity index (χ2v) is 7.95. The first-order chi connectivity index (χ1) is 12.6. The van der Waals surface area contributed by atoms with Crippen LogP contribution in [-0.4, -0.2) is 30.3 Å². The summed E-state index contributed by atoms with van der Waals surface area (Å²) in [6, 6.07) is 8.30. The number of hydrogen-bond acceptors (Lipinski definition) is 6. The van der Waals surface area contributed by atoms with Crippen LogP contribution in [0.15, 0.2) is 29.4 Å². The van der Waals surface area contributed by atoms with Crippen molar-refractivity contribution in [3.63, 3.8) is 0 Å². The highest BCUT2D eigenvalue weighted by molar-refractivity contribution is 7.19. The number of nitrogens with zero attached hydrogens (tertiary/aromatic N) is 4. The third kappa shape index (κ3) is 3.29. The monoisotopic (exact) mass is 365 g/mol. The first-order valence-corrected chi connectivity index (χ1v) is 9.79. The van der Waals surface area contributed by atoms with Crippen LogP contribution < -0.4 is 10.3 Å². The van der Waals surface area contributed by atoms with Gasteiger partial charge in [0.1, 0.15) is 10.7 Å². The highest BCUT2D eigenvalue weighted by atomic mass is 32.1. The average molecular weight is 366 g/mol. The van der Waals surface area contributed by atoms with Crippen LogP contribution in [0.2, 0.25) is 0 Å². The molecule has 26 heavy (non-hydrogen) atoms. The van der Waals surface area contributed by atoms with E-state index in [1.807, 2.05) is 38.6 Å². The van der Waals surface area contributed by atoms with Crippen LogP contribution in [0.1, 0.15) is 34.7 Å². The van der Waals surface area contributed by atoms with Gasteiger partial charge in [-0.3, -0.25) is 5.43 Å². The standard InChI is InChI=1S/C20H23N5S/c1-13-22-19(18-16-6-4-5-7-17(16)26-20(18)23-13)24-21-12-14-8-10-15(11-9-14)25(2)3/h8-12H,4-7H2,1-3H3,(H,22,23,24)/b21-12-. The molecule has 1 aliphatic carbocycles. The minimum atomic E-state index is 0.782. The lowest BCUT2D eigenvalue weighted by atomic mass is 9.97. The van der Waals surface area contributed by atoms with E-state index >= 15 is 0 Å². The number of rotatable bonds is 4. The maximum Gasteiger partial charge on any atom is 0.158 e. The van der Waals surface area contributed by atoms with Crippen molar-refractivity contribution in [2.24, 2.45) is 5.10 Å². The van der Waals surface area contributed by atoms with Crippen LogP contribution >= 0.6 is 11.3 Å². The molecule has 0 bridgehead atoms. The van der Waals surface area contributed by atoms with Gasteiger partial charge >= 0.3 is 0 Å². The molecule has 0 radical (unpaired) electrons. The molecule has 4 rings (SSSR count). The average Bonchev–Trinajstić information content (AvgIpc) is 3.00. The molecule has 134 valence electrons. The minimum absolute atomic E-state index is 0.782. The number of aromatic nitrogens is 2. The molecule has 2 aromatic heterocycles. The number of anilines is 2. The van der Waals surface area contributed by atoms with Crippen LogP contribution in [0.4, 0.5) is 11.5 Å². The highest BCUT2D eigenvalue weighted by Crippen LogP contribution is 2.38. The zero-order valence-corrected chi connectivity index (χ0v) is 16.2. The number of fused-ring (bicyclic) bond motifs is 3. The Balaban J connectivity index is 1.61. The van der Waals surface area contributed by atoms with Crippen LogP contribution in [0, 0.1) is 6.92 Å². The molecule has 1 N–H and O–H groups in total. The zero-order valence-electron chi connectivity index (χ0n) is 15.4. The number of nitrogens with one attached hydrogen (secondary N) is 1. The summed E-state index contributed by atoms with van der Waals surface area (Å²) in [6.45, 7) is 1.94. The van der Waals surface area contributed by atoms with E-state index in [9.17, 15) is 0 Å². The Morgan fingerprint density at radius 1 is 1.12 bits per heavy atom. The molecule has 2 heterocycles. The number of benzene rings is 1. The van der Waals surface area contributed by atoms with E-state index in [2.05, 4.69) is 49.7 Å². The summed E-state index contributed by atoms with van der Waals surface area (Å²) in [6.07, 6.45) is 6.63. The molecule has 0 amide bonds. The number of thiophene rings is 1. The SMILES string of the molecule is Cc1nc(N/N=C\c2ccc(N(C)C)cc2)c2c3c(sc2n1)CCCC3. The smallest absolute Gasteiger partial charge is 0.158 e. The van der Waals surface area contributed by atoms with Crippen molar-refractivity contribution in [3.8, 4) is 0 Å². The van der Waals surface area contributed by atoms with Crippen LogP contribution in [0.5, 0.6) is 0 Å². The van der Waals surface area contributed by atoms with Crippen molar-refractivity contribution in [1.29, 1.82) is 0 Å². The third-order valence-electron chi connectivity index (χ3n) is 4.72.